The highest BCUT2D eigenvalue weighted by Crippen LogP contribution is 2.23. The van der Waals surface area contributed by atoms with E-state index in [-0.39, 0.29) is 18.5 Å². The summed E-state index contributed by atoms with van der Waals surface area (Å²) in [5, 5.41) is 2.91. The fourth-order valence-corrected chi connectivity index (χ4v) is 4.67. The highest BCUT2D eigenvalue weighted by atomic mass is 79.9. The topological polar surface area (TPSA) is 86.8 Å². The van der Waals surface area contributed by atoms with Crippen molar-refractivity contribution in [3.8, 4) is 0 Å². The molecule has 1 N–H and O–H groups in total. The minimum atomic E-state index is -3.74. The van der Waals surface area contributed by atoms with Crippen LogP contribution in [0.2, 0.25) is 0 Å². The number of hydrogen-bond donors (Lipinski definition) is 1. The Bertz CT molecular complexity index is 1090. The van der Waals surface area contributed by atoms with Gasteiger partial charge in [0, 0.05) is 17.1 Å². The Hall–Kier alpha value is -2.39. The number of halogens is 1. The first kappa shape index (κ1) is 26.9. The number of benzene rings is 2. The molecule has 0 aromatic heterocycles. The number of nitrogens with one attached hydrogen (secondary N) is 1. The van der Waals surface area contributed by atoms with Gasteiger partial charge in [0.1, 0.15) is 12.6 Å². The summed E-state index contributed by atoms with van der Waals surface area (Å²) < 4.78 is 27.1. The number of carbonyl (C=O) groups is 2. The molecule has 2 aromatic carbocycles. The van der Waals surface area contributed by atoms with E-state index in [4.69, 9.17) is 0 Å². The highest BCUT2D eigenvalue weighted by Gasteiger charge is 2.30. The summed E-state index contributed by atoms with van der Waals surface area (Å²) in [7, 11) is -3.74. The maximum atomic E-state index is 13.5. The van der Waals surface area contributed by atoms with Gasteiger partial charge in [-0.25, -0.2) is 8.42 Å². The fourth-order valence-electron chi connectivity index (χ4n) is 3.32. The van der Waals surface area contributed by atoms with Crippen molar-refractivity contribution in [2.75, 3.05) is 17.1 Å². The number of anilines is 1. The average Bonchev–Trinajstić information content (AvgIpc) is 2.75. The number of carbonyl (C=O) groups excluding carboxylic acids is 2. The quantitative estimate of drug-likeness (QED) is 0.498. The Kier molecular flexibility index (Phi) is 9.48. The predicted octanol–water partition coefficient (Wildman–Crippen LogP) is 3.86. The van der Waals surface area contributed by atoms with E-state index >= 15 is 0 Å². The second-order valence-corrected chi connectivity index (χ2v) is 11.0. The van der Waals surface area contributed by atoms with Crippen molar-refractivity contribution in [3.63, 3.8) is 0 Å². The second kappa shape index (κ2) is 11.7. The van der Waals surface area contributed by atoms with Crippen LogP contribution in [-0.4, -0.2) is 50.0 Å². The molecule has 2 amide bonds. The van der Waals surface area contributed by atoms with Crippen molar-refractivity contribution in [2.24, 2.45) is 0 Å². The van der Waals surface area contributed by atoms with Gasteiger partial charge in [-0.1, -0.05) is 53.2 Å². The number of rotatable bonds is 10. The van der Waals surface area contributed by atoms with Crippen molar-refractivity contribution in [1.82, 2.24) is 10.2 Å². The molecule has 0 aliphatic carbocycles. The van der Waals surface area contributed by atoms with Gasteiger partial charge in [0.25, 0.3) is 0 Å². The van der Waals surface area contributed by atoms with E-state index in [1.54, 1.807) is 32.0 Å². The van der Waals surface area contributed by atoms with Gasteiger partial charge < -0.3 is 10.2 Å². The van der Waals surface area contributed by atoms with Crippen molar-refractivity contribution < 1.29 is 18.0 Å². The van der Waals surface area contributed by atoms with Gasteiger partial charge in [0.2, 0.25) is 21.8 Å². The molecule has 33 heavy (non-hydrogen) atoms. The van der Waals surface area contributed by atoms with Crippen LogP contribution in [0.15, 0.2) is 53.0 Å². The van der Waals surface area contributed by atoms with E-state index in [2.05, 4.69) is 21.2 Å². The summed E-state index contributed by atoms with van der Waals surface area (Å²) in [6.07, 6.45) is 1.83. The second-order valence-electron chi connectivity index (χ2n) is 8.20. The normalized spacial score (nSPS) is 13.2. The molecule has 0 spiro atoms. The van der Waals surface area contributed by atoms with E-state index in [1.807, 2.05) is 44.2 Å². The van der Waals surface area contributed by atoms with E-state index in [9.17, 15) is 18.0 Å². The number of hydrogen-bond acceptors (Lipinski definition) is 4. The fraction of sp³-hybridized carbons (Fsp3) is 0.417. The lowest BCUT2D eigenvalue weighted by molar-refractivity contribution is -0.139. The maximum Gasteiger partial charge on any atom is 0.244 e. The van der Waals surface area contributed by atoms with E-state index in [0.717, 1.165) is 32.6 Å². The zero-order valence-electron chi connectivity index (χ0n) is 19.7. The minimum Gasteiger partial charge on any atom is -0.352 e. The molecular weight excluding hydrogens is 506 g/mol. The summed E-state index contributed by atoms with van der Waals surface area (Å²) in [6, 6.07) is 13.6. The molecule has 0 unspecified atom stereocenters. The Morgan fingerprint density at radius 3 is 2.33 bits per heavy atom. The lowest BCUT2D eigenvalue weighted by Gasteiger charge is -2.32. The lowest BCUT2D eigenvalue weighted by Crippen LogP contribution is -2.52. The minimum absolute atomic E-state index is 0.0396. The van der Waals surface area contributed by atoms with Crippen LogP contribution < -0.4 is 9.62 Å². The molecule has 0 aliphatic heterocycles. The maximum absolute atomic E-state index is 13.5. The van der Waals surface area contributed by atoms with Gasteiger partial charge in [-0.15, -0.1) is 0 Å². The van der Waals surface area contributed by atoms with Crippen LogP contribution in [0.1, 0.15) is 38.3 Å². The SMILES string of the molecule is CC[C@@H](C)NC(=O)[C@H](C)N(Cc1cccc(Br)c1)C(=O)CN(c1ccccc1C)S(C)(=O)=O. The number of para-hydroxylation sites is 1. The van der Waals surface area contributed by atoms with Gasteiger partial charge in [-0.3, -0.25) is 13.9 Å². The molecule has 0 saturated heterocycles. The molecule has 0 bridgehead atoms. The Balaban J connectivity index is 2.40. The zero-order chi connectivity index (χ0) is 24.8. The van der Waals surface area contributed by atoms with Crippen LogP contribution in [0.5, 0.6) is 0 Å². The Morgan fingerprint density at radius 1 is 1.09 bits per heavy atom. The third kappa shape index (κ3) is 7.57. The smallest absolute Gasteiger partial charge is 0.244 e. The molecule has 9 heteroatoms. The van der Waals surface area contributed by atoms with Gasteiger partial charge >= 0.3 is 0 Å². The van der Waals surface area contributed by atoms with Crippen LogP contribution in [0.4, 0.5) is 5.69 Å². The van der Waals surface area contributed by atoms with E-state index in [0.29, 0.717) is 5.69 Å². The molecule has 0 aliphatic rings. The van der Waals surface area contributed by atoms with Crippen molar-refractivity contribution in [1.29, 1.82) is 0 Å². The van der Waals surface area contributed by atoms with Gasteiger partial charge in [-0.2, -0.15) is 0 Å². The predicted molar refractivity (Wildman–Crippen MR) is 135 cm³/mol. The van der Waals surface area contributed by atoms with E-state index in [1.165, 1.54) is 4.90 Å². The molecule has 0 fully saturated rings. The Morgan fingerprint density at radius 2 is 1.76 bits per heavy atom. The molecule has 7 nitrogen and oxygen atoms in total. The van der Waals surface area contributed by atoms with Crippen LogP contribution in [0.3, 0.4) is 0 Å². The standard InChI is InChI=1S/C24H32BrN3O4S/c1-6-18(3)26-24(30)19(4)27(15-20-11-9-12-21(25)14-20)23(29)16-28(33(5,31)32)22-13-8-7-10-17(22)2/h7-14,18-19H,6,15-16H2,1-5H3,(H,26,30)/t18-,19+/m1/s1. The molecule has 2 rings (SSSR count). The molecule has 0 heterocycles. The molecule has 2 atom stereocenters. The molecular formula is C24H32BrN3O4S. The first-order valence-corrected chi connectivity index (χ1v) is 13.5. The first-order chi connectivity index (χ1) is 15.4. The first-order valence-electron chi connectivity index (χ1n) is 10.8. The van der Waals surface area contributed by atoms with Crippen molar-refractivity contribution in [3.05, 3.63) is 64.1 Å². The summed E-state index contributed by atoms with van der Waals surface area (Å²) in [6.45, 7) is 7.07. The Labute approximate surface area is 205 Å². The number of sulfonamides is 1. The van der Waals surface area contributed by atoms with Crippen LogP contribution in [0.25, 0.3) is 0 Å². The number of aryl methyl sites for hydroxylation is 1. The molecule has 2 aromatic rings. The molecule has 0 radical (unpaired) electrons. The van der Waals surface area contributed by atoms with Crippen molar-refractivity contribution in [2.45, 2.75) is 52.7 Å². The van der Waals surface area contributed by atoms with Gasteiger partial charge in [0.15, 0.2) is 0 Å². The van der Waals surface area contributed by atoms with Gasteiger partial charge in [0.05, 0.1) is 11.9 Å². The monoisotopic (exact) mass is 537 g/mol. The van der Waals surface area contributed by atoms with Gasteiger partial charge in [-0.05, 0) is 56.5 Å². The third-order valence-electron chi connectivity index (χ3n) is 5.47. The average molecular weight is 539 g/mol. The summed E-state index contributed by atoms with van der Waals surface area (Å²) in [5.74, 6) is -0.745. The third-order valence-corrected chi connectivity index (χ3v) is 7.09. The lowest BCUT2D eigenvalue weighted by atomic mass is 10.1. The van der Waals surface area contributed by atoms with E-state index < -0.39 is 28.5 Å². The zero-order valence-corrected chi connectivity index (χ0v) is 22.1. The number of nitrogens with zero attached hydrogens (tertiary/aromatic N) is 2. The summed E-state index contributed by atoms with van der Waals surface area (Å²) >= 11 is 3.43. The molecule has 180 valence electrons. The molecule has 0 saturated carbocycles. The largest absolute Gasteiger partial charge is 0.352 e. The summed E-state index contributed by atoms with van der Waals surface area (Å²) in [5.41, 5.74) is 1.99. The summed E-state index contributed by atoms with van der Waals surface area (Å²) in [4.78, 5) is 27.8. The van der Waals surface area contributed by atoms with Crippen LogP contribution in [-0.2, 0) is 26.2 Å². The highest BCUT2D eigenvalue weighted by molar-refractivity contribution is 9.10. The van der Waals surface area contributed by atoms with Crippen LogP contribution in [0, 0.1) is 6.92 Å². The van der Waals surface area contributed by atoms with Crippen molar-refractivity contribution >= 4 is 43.5 Å². The van der Waals surface area contributed by atoms with Crippen LogP contribution >= 0.6 is 15.9 Å². The number of amides is 2.